The van der Waals surface area contributed by atoms with Gasteiger partial charge >= 0.3 is 5.97 Å². The molecule has 2 amide bonds. The van der Waals surface area contributed by atoms with Crippen LogP contribution < -0.4 is 0 Å². The van der Waals surface area contributed by atoms with Crippen molar-refractivity contribution in [1.29, 1.82) is 5.26 Å². The molecule has 21 heavy (non-hydrogen) atoms. The fraction of sp³-hybridized carbons (Fsp3) is 0.333. The first kappa shape index (κ1) is 18.3. The van der Waals surface area contributed by atoms with Crippen LogP contribution in [0.15, 0.2) is 35.5 Å². The van der Waals surface area contributed by atoms with E-state index >= 15 is 0 Å². The molecule has 0 saturated heterocycles. The highest BCUT2D eigenvalue weighted by Gasteiger charge is 2.20. The Balaban J connectivity index is 4.93. The van der Waals surface area contributed by atoms with E-state index in [-0.39, 0.29) is 24.3 Å². The van der Waals surface area contributed by atoms with Crippen LogP contribution in [0.2, 0.25) is 0 Å². The van der Waals surface area contributed by atoms with Crippen molar-refractivity contribution in [3.8, 4) is 6.07 Å². The predicted octanol–water partition coefficient (Wildman–Crippen LogP) is 1.51. The minimum absolute atomic E-state index is 0.143. The first-order valence-corrected chi connectivity index (χ1v) is 6.12. The molecule has 0 N–H and O–H groups in total. The molecule has 6 heteroatoms. The largest absolute Gasteiger partial charge is 0.460 e. The number of carbonyl (C=O) groups is 3. The van der Waals surface area contributed by atoms with Crippen LogP contribution in [-0.2, 0) is 19.1 Å². The maximum atomic E-state index is 12.1. The van der Waals surface area contributed by atoms with Gasteiger partial charge in [0.05, 0.1) is 6.54 Å². The topological polar surface area (TPSA) is 87.5 Å². The molecule has 0 aromatic heterocycles. The number of ether oxygens (including phenoxy) is 1. The van der Waals surface area contributed by atoms with Gasteiger partial charge in [-0.05, 0) is 26.3 Å². The van der Waals surface area contributed by atoms with E-state index in [4.69, 9.17) is 10.00 Å². The molecule has 0 rings (SSSR count). The molecule has 0 bridgehead atoms. The maximum absolute atomic E-state index is 12.1. The lowest BCUT2D eigenvalue weighted by Gasteiger charge is -2.16. The summed E-state index contributed by atoms with van der Waals surface area (Å²) in [7, 11) is 0. The van der Waals surface area contributed by atoms with Crippen LogP contribution in [0, 0.1) is 11.3 Å². The van der Waals surface area contributed by atoms with Gasteiger partial charge < -0.3 is 4.74 Å². The number of rotatable bonds is 7. The first-order valence-electron chi connectivity index (χ1n) is 6.12. The Labute approximate surface area is 124 Å². The van der Waals surface area contributed by atoms with Gasteiger partial charge in [0.25, 0.3) is 5.91 Å². The van der Waals surface area contributed by atoms with E-state index in [1.807, 2.05) is 0 Å². The summed E-state index contributed by atoms with van der Waals surface area (Å²) in [5.74, 6) is -1.36. The molecular weight excluding hydrogens is 272 g/mol. The summed E-state index contributed by atoms with van der Waals surface area (Å²) in [6, 6.07) is 1.76. The van der Waals surface area contributed by atoms with Crippen LogP contribution in [0.5, 0.6) is 0 Å². The molecule has 0 fully saturated rings. The highest BCUT2D eigenvalue weighted by molar-refractivity contribution is 6.03. The number of esters is 1. The number of amides is 2. The molecular formula is C15H18N2O4. The molecule has 0 aromatic rings. The third-order valence-electron chi connectivity index (χ3n) is 2.64. The van der Waals surface area contributed by atoms with Crippen LogP contribution in [0.1, 0.15) is 20.8 Å². The fourth-order valence-electron chi connectivity index (χ4n) is 1.21. The number of hydrogen-bond donors (Lipinski definition) is 0. The second kappa shape index (κ2) is 8.48. The van der Waals surface area contributed by atoms with Gasteiger partial charge in [0.2, 0.25) is 6.41 Å². The molecule has 0 aliphatic heterocycles. The number of hydrogen-bond acceptors (Lipinski definition) is 5. The summed E-state index contributed by atoms with van der Waals surface area (Å²) in [5, 5.41) is 9.04. The third-order valence-corrected chi connectivity index (χ3v) is 2.64. The van der Waals surface area contributed by atoms with Gasteiger partial charge in [-0.1, -0.05) is 18.7 Å². The molecule has 0 heterocycles. The van der Waals surface area contributed by atoms with Gasteiger partial charge in [0.1, 0.15) is 18.2 Å². The third kappa shape index (κ3) is 5.45. The summed E-state index contributed by atoms with van der Waals surface area (Å²) in [6.07, 6.45) is 0.292. The smallest absolute Gasteiger partial charge is 0.333 e. The summed E-state index contributed by atoms with van der Waals surface area (Å²) in [6.45, 7) is 11.5. The molecule has 6 nitrogen and oxygen atoms in total. The van der Waals surface area contributed by atoms with Crippen molar-refractivity contribution >= 4 is 18.3 Å². The van der Waals surface area contributed by atoms with Crippen LogP contribution in [-0.4, -0.2) is 36.3 Å². The summed E-state index contributed by atoms with van der Waals surface area (Å²) >= 11 is 0. The lowest BCUT2D eigenvalue weighted by Crippen LogP contribution is -2.34. The van der Waals surface area contributed by atoms with Gasteiger partial charge in [-0.3, -0.25) is 14.5 Å². The van der Waals surface area contributed by atoms with E-state index in [1.54, 1.807) is 19.9 Å². The van der Waals surface area contributed by atoms with Crippen molar-refractivity contribution in [3.63, 3.8) is 0 Å². The summed E-state index contributed by atoms with van der Waals surface area (Å²) < 4.78 is 4.80. The Morgan fingerprint density at radius 2 is 1.81 bits per heavy atom. The normalized spacial score (nSPS) is 10.8. The van der Waals surface area contributed by atoms with E-state index in [0.717, 1.165) is 4.90 Å². The van der Waals surface area contributed by atoms with Gasteiger partial charge in [0.15, 0.2) is 0 Å². The lowest BCUT2D eigenvalue weighted by atomic mass is 10.0. The van der Waals surface area contributed by atoms with Gasteiger partial charge in [-0.15, -0.1) is 0 Å². The quantitative estimate of drug-likeness (QED) is 0.233. The molecule has 112 valence electrons. The Bertz CT molecular complexity index is 553. The van der Waals surface area contributed by atoms with Crippen molar-refractivity contribution in [2.75, 3.05) is 13.2 Å². The van der Waals surface area contributed by atoms with Gasteiger partial charge in [-0.2, -0.15) is 5.26 Å². The van der Waals surface area contributed by atoms with Crippen molar-refractivity contribution in [2.45, 2.75) is 20.8 Å². The monoisotopic (exact) mass is 290 g/mol. The van der Waals surface area contributed by atoms with Crippen LogP contribution in [0.4, 0.5) is 0 Å². The summed E-state index contributed by atoms with van der Waals surface area (Å²) in [5.41, 5.74) is 1.02. The molecule has 0 spiro atoms. The Morgan fingerprint density at radius 3 is 2.19 bits per heavy atom. The van der Waals surface area contributed by atoms with Gasteiger partial charge in [0, 0.05) is 5.57 Å². The molecule has 0 unspecified atom stereocenters. The predicted molar refractivity (Wildman–Crippen MR) is 76.7 cm³/mol. The van der Waals surface area contributed by atoms with Gasteiger partial charge in [-0.25, -0.2) is 4.79 Å². The molecule has 0 radical (unpaired) electrons. The number of allylic oxidation sites excluding steroid dienone is 2. The Hall–Kier alpha value is -2.68. The highest BCUT2D eigenvalue weighted by atomic mass is 16.5. The van der Waals surface area contributed by atoms with Crippen LogP contribution in [0.25, 0.3) is 0 Å². The van der Waals surface area contributed by atoms with E-state index in [1.165, 1.54) is 6.92 Å². The van der Waals surface area contributed by atoms with Crippen molar-refractivity contribution in [1.82, 2.24) is 4.90 Å². The molecule has 0 atom stereocenters. The lowest BCUT2D eigenvalue weighted by molar-refractivity contribution is -0.143. The van der Waals surface area contributed by atoms with Crippen LogP contribution in [0.3, 0.4) is 0 Å². The number of carbonyl (C=O) groups excluding carboxylic acids is 3. The zero-order valence-electron chi connectivity index (χ0n) is 12.4. The highest BCUT2D eigenvalue weighted by Crippen LogP contribution is 2.13. The zero-order valence-corrected chi connectivity index (χ0v) is 12.4. The van der Waals surface area contributed by atoms with E-state index in [0.29, 0.717) is 17.6 Å². The van der Waals surface area contributed by atoms with Crippen molar-refractivity contribution in [2.24, 2.45) is 0 Å². The van der Waals surface area contributed by atoms with Crippen LogP contribution >= 0.6 is 0 Å². The molecule has 0 aromatic carbocycles. The average molecular weight is 290 g/mol. The second-order valence-electron chi connectivity index (χ2n) is 4.41. The molecule has 0 aliphatic carbocycles. The Kier molecular flexibility index (Phi) is 7.40. The zero-order chi connectivity index (χ0) is 16.6. The van der Waals surface area contributed by atoms with E-state index < -0.39 is 11.9 Å². The maximum Gasteiger partial charge on any atom is 0.333 e. The van der Waals surface area contributed by atoms with E-state index in [2.05, 4.69) is 13.2 Å². The molecule has 0 aliphatic rings. The number of nitrogens with zero attached hydrogens (tertiary/aromatic N) is 2. The second-order valence-corrected chi connectivity index (χ2v) is 4.41. The Morgan fingerprint density at radius 1 is 1.24 bits per heavy atom. The SMILES string of the molecule is C=C(C)C(=O)OCCN(C=O)C(=O)/C(C#N)=C(/C)C(=C)C. The fourth-order valence-corrected chi connectivity index (χ4v) is 1.21. The minimum Gasteiger partial charge on any atom is -0.460 e. The first-order chi connectivity index (χ1) is 9.76. The van der Waals surface area contributed by atoms with Crippen molar-refractivity contribution in [3.05, 3.63) is 35.5 Å². The van der Waals surface area contributed by atoms with Crippen molar-refractivity contribution < 1.29 is 19.1 Å². The minimum atomic E-state index is -0.751. The number of nitriles is 1. The summed E-state index contributed by atoms with van der Waals surface area (Å²) in [4.78, 5) is 35.0. The average Bonchev–Trinajstić information content (AvgIpc) is 2.43. The number of imide groups is 1. The standard InChI is InChI=1S/C15H18N2O4/c1-10(2)12(5)13(8-16)14(19)17(9-18)6-7-21-15(20)11(3)4/h9H,1,3,6-7H2,2,4-5H3/b13-12-. The van der Waals surface area contributed by atoms with E-state index in [9.17, 15) is 14.4 Å². The molecule has 0 saturated carbocycles.